The highest BCUT2D eigenvalue weighted by atomic mass is 79.9. The Morgan fingerprint density at radius 3 is 2.47 bits per heavy atom. The molecular weight excluding hydrogens is 546 g/mol. The van der Waals surface area contributed by atoms with Gasteiger partial charge in [-0.1, -0.05) is 41.4 Å². The Morgan fingerprint density at radius 2 is 1.72 bits per heavy atom. The van der Waals surface area contributed by atoms with Crippen LogP contribution in [0.4, 0.5) is 5.69 Å². The molecule has 36 heavy (non-hydrogen) atoms. The monoisotopic (exact) mass is 563 g/mol. The normalized spacial score (nSPS) is 27.4. The first-order valence-corrected chi connectivity index (χ1v) is 12.8. The Balaban J connectivity index is 1.52. The number of para-hydroxylation sites is 1. The number of carbonyl (C=O) groups is 4. The Morgan fingerprint density at radius 1 is 0.972 bits per heavy atom. The fourth-order valence-corrected chi connectivity index (χ4v) is 6.78. The minimum atomic E-state index is -0.750. The lowest BCUT2D eigenvalue weighted by Crippen LogP contribution is -2.39. The SMILES string of the molecule is O=C1C=C(Br)C(=O)C2=C1C(c1cc(Cl)ccc1O)C1=CCC3C(=O)N(c4ccccc4)C(=O)C3C1C2. The lowest BCUT2D eigenvalue weighted by Gasteiger charge is -2.42. The first-order valence-electron chi connectivity index (χ1n) is 11.6. The third-order valence-corrected chi connectivity index (χ3v) is 8.47. The second-order valence-electron chi connectivity index (χ2n) is 9.44. The molecule has 3 aliphatic carbocycles. The molecule has 4 aliphatic rings. The van der Waals surface area contributed by atoms with Crippen LogP contribution >= 0.6 is 27.5 Å². The van der Waals surface area contributed by atoms with Crippen LogP contribution < -0.4 is 4.90 Å². The molecule has 2 aromatic carbocycles. The fourth-order valence-electron chi connectivity index (χ4n) is 6.15. The van der Waals surface area contributed by atoms with Gasteiger partial charge in [-0.3, -0.25) is 24.1 Å². The highest BCUT2D eigenvalue weighted by Gasteiger charge is 2.56. The molecule has 6 rings (SSSR count). The molecule has 0 spiro atoms. The summed E-state index contributed by atoms with van der Waals surface area (Å²) in [6.07, 6.45) is 3.65. The maximum absolute atomic E-state index is 13.8. The van der Waals surface area contributed by atoms with Crippen LogP contribution in [0.3, 0.4) is 0 Å². The van der Waals surface area contributed by atoms with Crippen LogP contribution in [-0.2, 0) is 19.2 Å². The van der Waals surface area contributed by atoms with Gasteiger partial charge in [0.25, 0.3) is 0 Å². The number of hydrogen-bond acceptors (Lipinski definition) is 5. The smallest absolute Gasteiger partial charge is 0.238 e. The van der Waals surface area contributed by atoms with E-state index in [0.717, 1.165) is 5.57 Å². The van der Waals surface area contributed by atoms with Gasteiger partial charge in [-0.25, -0.2) is 0 Å². The second-order valence-corrected chi connectivity index (χ2v) is 10.7. The number of imide groups is 1. The van der Waals surface area contributed by atoms with Gasteiger partial charge in [0.15, 0.2) is 11.6 Å². The van der Waals surface area contributed by atoms with Crippen LogP contribution in [0.25, 0.3) is 0 Å². The average molecular weight is 565 g/mol. The Bertz CT molecular complexity index is 1470. The molecule has 4 atom stereocenters. The number of halogens is 2. The van der Waals surface area contributed by atoms with Crippen molar-refractivity contribution in [2.45, 2.75) is 18.8 Å². The first kappa shape index (κ1) is 23.1. The molecule has 0 saturated carbocycles. The molecule has 8 heteroatoms. The van der Waals surface area contributed by atoms with Crippen molar-refractivity contribution in [3.63, 3.8) is 0 Å². The van der Waals surface area contributed by atoms with Gasteiger partial charge in [-0.15, -0.1) is 0 Å². The molecule has 180 valence electrons. The van der Waals surface area contributed by atoms with Crippen molar-refractivity contribution in [2.24, 2.45) is 17.8 Å². The predicted octanol–water partition coefficient (Wildman–Crippen LogP) is 5.01. The van der Waals surface area contributed by atoms with Crippen molar-refractivity contribution >= 4 is 56.6 Å². The minimum Gasteiger partial charge on any atom is -0.508 e. The van der Waals surface area contributed by atoms with Crippen molar-refractivity contribution < 1.29 is 24.3 Å². The summed E-state index contributed by atoms with van der Waals surface area (Å²) in [6, 6.07) is 13.4. The summed E-state index contributed by atoms with van der Waals surface area (Å²) < 4.78 is 0.153. The Kier molecular flexibility index (Phi) is 5.39. The summed E-state index contributed by atoms with van der Waals surface area (Å²) in [5, 5.41) is 11.2. The van der Waals surface area contributed by atoms with E-state index in [-0.39, 0.29) is 40.0 Å². The number of nitrogens with zero attached hydrogens (tertiary/aromatic N) is 1. The van der Waals surface area contributed by atoms with E-state index in [1.54, 1.807) is 36.4 Å². The van der Waals surface area contributed by atoms with Crippen LogP contribution in [0.1, 0.15) is 24.3 Å². The van der Waals surface area contributed by atoms with Crippen molar-refractivity contribution in [2.75, 3.05) is 4.90 Å². The van der Waals surface area contributed by atoms with Gasteiger partial charge in [0, 0.05) is 33.7 Å². The largest absolute Gasteiger partial charge is 0.508 e. The molecule has 4 unspecified atom stereocenters. The number of amides is 2. The summed E-state index contributed by atoms with van der Waals surface area (Å²) in [4.78, 5) is 54.9. The number of phenols is 1. The number of hydrogen-bond donors (Lipinski definition) is 1. The lowest BCUT2D eigenvalue weighted by atomic mass is 9.59. The Labute approximate surface area is 220 Å². The minimum absolute atomic E-state index is 0.0615. The van der Waals surface area contributed by atoms with E-state index in [1.165, 1.54) is 17.0 Å². The fraction of sp³-hybridized carbons (Fsp3) is 0.214. The van der Waals surface area contributed by atoms with Gasteiger partial charge in [-0.2, -0.15) is 0 Å². The number of fused-ring (bicyclic) bond motifs is 3. The van der Waals surface area contributed by atoms with Crippen LogP contribution in [0.2, 0.25) is 5.02 Å². The number of rotatable bonds is 2. The molecule has 0 radical (unpaired) electrons. The summed E-state index contributed by atoms with van der Waals surface area (Å²) in [5.74, 6) is -3.76. The number of carbonyl (C=O) groups excluding carboxylic acids is 4. The summed E-state index contributed by atoms with van der Waals surface area (Å²) in [5.41, 5.74) is 2.26. The molecule has 1 heterocycles. The number of phenolic OH excluding ortho intramolecular Hbond substituents is 1. The number of Topliss-reactive ketones (excluding diaryl/α,β-unsaturated/α-hetero) is 1. The van der Waals surface area contributed by atoms with Gasteiger partial charge in [0.2, 0.25) is 11.8 Å². The Hall–Kier alpha value is -3.29. The van der Waals surface area contributed by atoms with Crippen LogP contribution in [-0.4, -0.2) is 28.5 Å². The molecular formula is C28H19BrClNO5. The lowest BCUT2D eigenvalue weighted by molar-refractivity contribution is -0.123. The third-order valence-electron chi connectivity index (χ3n) is 7.65. The molecule has 2 amide bonds. The van der Waals surface area contributed by atoms with E-state index in [1.807, 2.05) is 12.1 Å². The number of aromatic hydroxyl groups is 1. The summed E-state index contributed by atoms with van der Waals surface area (Å²) >= 11 is 9.48. The zero-order valence-electron chi connectivity index (χ0n) is 18.8. The van der Waals surface area contributed by atoms with E-state index >= 15 is 0 Å². The van der Waals surface area contributed by atoms with Crippen LogP contribution in [0, 0.1) is 17.8 Å². The predicted molar refractivity (Wildman–Crippen MR) is 137 cm³/mol. The van der Waals surface area contributed by atoms with Gasteiger partial charge in [-0.05, 0) is 65.0 Å². The number of allylic oxidation sites excluding steroid dienone is 6. The molecule has 1 fully saturated rings. The molecule has 1 aliphatic heterocycles. The van der Waals surface area contributed by atoms with E-state index < -0.39 is 23.7 Å². The molecule has 1 saturated heterocycles. The van der Waals surface area contributed by atoms with Crippen LogP contribution in [0.15, 0.2) is 81.9 Å². The number of benzene rings is 2. The highest BCUT2D eigenvalue weighted by molar-refractivity contribution is 9.12. The van der Waals surface area contributed by atoms with Crippen molar-refractivity contribution in [1.29, 1.82) is 0 Å². The molecule has 1 N–H and O–H groups in total. The van der Waals surface area contributed by atoms with Gasteiger partial charge in [0.1, 0.15) is 5.75 Å². The van der Waals surface area contributed by atoms with Gasteiger partial charge in [0.05, 0.1) is 22.0 Å². The third kappa shape index (κ3) is 3.29. The van der Waals surface area contributed by atoms with Gasteiger partial charge >= 0.3 is 0 Å². The van der Waals surface area contributed by atoms with E-state index in [4.69, 9.17) is 11.6 Å². The van der Waals surface area contributed by atoms with Crippen LogP contribution in [0.5, 0.6) is 5.75 Å². The van der Waals surface area contributed by atoms with Gasteiger partial charge < -0.3 is 5.11 Å². The molecule has 0 bridgehead atoms. The maximum Gasteiger partial charge on any atom is 0.238 e. The second kappa shape index (κ2) is 8.39. The van der Waals surface area contributed by atoms with Crippen molar-refractivity contribution in [3.8, 4) is 5.75 Å². The van der Waals surface area contributed by atoms with Crippen molar-refractivity contribution in [3.05, 3.63) is 92.5 Å². The molecule has 6 nitrogen and oxygen atoms in total. The summed E-state index contributed by atoms with van der Waals surface area (Å²) in [6.45, 7) is 0. The average Bonchev–Trinajstić information content (AvgIpc) is 3.13. The van der Waals surface area contributed by atoms with E-state index in [2.05, 4.69) is 15.9 Å². The maximum atomic E-state index is 13.8. The number of ketones is 2. The highest BCUT2D eigenvalue weighted by Crippen LogP contribution is 2.56. The quantitative estimate of drug-likeness (QED) is 0.315. The zero-order chi connectivity index (χ0) is 25.3. The standard InChI is InChI=1S/C28H19BrClNO5/c29-20-12-22(33)25-19(26(20)34)11-17-15(23(25)18-10-13(30)6-9-21(18)32)7-8-16-24(17)28(36)31(27(16)35)14-4-2-1-3-5-14/h1-7,9-10,12,16-17,23-24,32H,8,11H2. The van der Waals surface area contributed by atoms with Crippen molar-refractivity contribution in [1.82, 2.24) is 0 Å². The molecule has 2 aromatic rings. The molecule has 0 aromatic heterocycles. The topological polar surface area (TPSA) is 91.8 Å². The van der Waals surface area contributed by atoms with E-state index in [9.17, 15) is 24.3 Å². The summed E-state index contributed by atoms with van der Waals surface area (Å²) in [7, 11) is 0. The first-order chi connectivity index (χ1) is 17.3. The zero-order valence-corrected chi connectivity index (χ0v) is 21.1. The van der Waals surface area contributed by atoms with E-state index in [0.29, 0.717) is 33.8 Å². The number of anilines is 1.